The van der Waals surface area contributed by atoms with Crippen LogP contribution in [0.2, 0.25) is 0 Å². The monoisotopic (exact) mass is 253 g/mol. The summed E-state index contributed by atoms with van der Waals surface area (Å²) < 4.78 is 10.2. The third kappa shape index (κ3) is 2.65. The van der Waals surface area contributed by atoms with E-state index in [0.29, 0.717) is 5.69 Å². The molecule has 0 bridgehead atoms. The van der Waals surface area contributed by atoms with Gasteiger partial charge < -0.3 is 10.5 Å². The van der Waals surface area contributed by atoms with Crippen LogP contribution >= 0.6 is 23.3 Å². The molecule has 0 unspecified atom stereocenters. The molecule has 0 amide bonds. The highest BCUT2D eigenvalue weighted by molar-refractivity contribution is 8.01. The van der Waals surface area contributed by atoms with Gasteiger partial charge in [-0.05, 0) is 30.6 Å². The molecule has 0 saturated heterocycles. The van der Waals surface area contributed by atoms with Crippen molar-refractivity contribution in [3.05, 3.63) is 24.0 Å². The van der Waals surface area contributed by atoms with Crippen molar-refractivity contribution in [2.75, 3.05) is 12.8 Å². The van der Waals surface area contributed by atoms with Crippen molar-refractivity contribution in [2.45, 2.75) is 16.2 Å². The number of rotatable bonds is 3. The molecule has 2 aromatic rings. The van der Waals surface area contributed by atoms with Gasteiger partial charge in [-0.15, -0.1) is 0 Å². The fourth-order valence-electron chi connectivity index (χ4n) is 1.19. The Kier molecular flexibility index (Phi) is 3.31. The first-order valence-electron chi connectivity index (χ1n) is 4.60. The van der Waals surface area contributed by atoms with E-state index in [4.69, 9.17) is 10.5 Å². The van der Waals surface area contributed by atoms with Crippen molar-refractivity contribution in [3.63, 3.8) is 0 Å². The van der Waals surface area contributed by atoms with Gasteiger partial charge in [0.25, 0.3) is 0 Å². The zero-order valence-electron chi connectivity index (χ0n) is 8.93. The first-order valence-corrected chi connectivity index (χ1v) is 6.19. The first-order chi connectivity index (χ1) is 7.67. The molecule has 0 saturated carbocycles. The average Bonchev–Trinajstić information content (AvgIpc) is 2.63. The Bertz CT molecular complexity index is 499. The van der Waals surface area contributed by atoms with E-state index in [0.717, 1.165) is 20.8 Å². The molecule has 84 valence electrons. The number of anilines is 1. The Morgan fingerprint density at radius 2 is 2.19 bits per heavy atom. The van der Waals surface area contributed by atoms with E-state index in [1.54, 1.807) is 13.2 Å². The van der Waals surface area contributed by atoms with Crippen LogP contribution in [0.3, 0.4) is 0 Å². The first kappa shape index (κ1) is 11.2. The third-order valence-corrected chi connectivity index (χ3v) is 3.67. The quantitative estimate of drug-likeness (QED) is 0.852. The second kappa shape index (κ2) is 4.71. The largest absolute Gasteiger partial charge is 0.497 e. The van der Waals surface area contributed by atoms with Crippen molar-refractivity contribution in [3.8, 4) is 5.75 Å². The lowest BCUT2D eigenvalue weighted by Gasteiger charge is -2.04. The maximum atomic E-state index is 5.77. The molecule has 1 aromatic heterocycles. The Labute approximate surface area is 102 Å². The van der Waals surface area contributed by atoms with Crippen LogP contribution in [-0.4, -0.2) is 16.5 Å². The summed E-state index contributed by atoms with van der Waals surface area (Å²) in [5.74, 6) is 1.55. The summed E-state index contributed by atoms with van der Waals surface area (Å²) in [6.45, 7) is 1.88. The van der Waals surface area contributed by atoms with Crippen molar-refractivity contribution >= 4 is 29.0 Å². The molecule has 0 aliphatic heterocycles. The molecule has 6 heteroatoms. The highest BCUT2D eigenvalue weighted by Crippen LogP contribution is 2.32. The molecular formula is C10H11N3OS2. The number of ether oxygens (including phenoxy) is 1. The predicted molar refractivity (Wildman–Crippen MR) is 66.2 cm³/mol. The zero-order valence-corrected chi connectivity index (χ0v) is 10.6. The van der Waals surface area contributed by atoms with Crippen LogP contribution in [0.4, 0.5) is 5.69 Å². The summed E-state index contributed by atoms with van der Waals surface area (Å²) in [6.07, 6.45) is 0. The fourth-order valence-corrected chi connectivity index (χ4v) is 2.91. The highest BCUT2D eigenvalue weighted by atomic mass is 32.2. The lowest BCUT2D eigenvalue weighted by molar-refractivity contribution is 0.414. The summed E-state index contributed by atoms with van der Waals surface area (Å²) >= 11 is 2.92. The molecule has 1 aromatic carbocycles. The predicted octanol–water partition coefficient (Wildman–Crippen LogP) is 2.59. The maximum Gasteiger partial charge on any atom is 0.174 e. The number of aromatic nitrogens is 2. The second-order valence-corrected chi connectivity index (χ2v) is 5.22. The SMILES string of the molecule is COc1cc(N)cc(Sc2nc(C)ns2)c1. The van der Waals surface area contributed by atoms with Crippen molar-refractivity contribution in [1.82, 2.24) is 9.36 Å². The summed E-state index contributed by atoms with van der Waals surface area (Å²) in [6, 6.07) is 5.61. The summed E-state index contributed by atoms with van der Waals surface area (Å²) in [4.78, 5) is 5.29. The summed E-state index contributed by atoms with van der Waals surface area (Å²) in [7, 11) is 1.62. The van der Waals surface area contributed by atoms with Crippen molar-refractivity contribution in [1.29, 1.82) is 0 Å². The third-order valence-electron chi connectivity index (χ3n) is 1.85. The van der Waals surface area contributed by atoms with E-state index in [2.05, 4.69) is 9.36 Å². The minimum Gasteiger partial charge on any atom is -0.497 e. The maximum absolute atomic E-state index is 5.77. The molecule has 16 heavy (non-hydrogen) atoms. The lowest BCUT2D eigenvalue weighted by Crippen LogP contribution is -1.89. The van der Waals surface area contributed by atoms with Crippen LogP contribution in [0, 0.1) is 6.92 Å². The second-order valence-electron chi connectivity index (χ2n) is 3.15. The van der Waals surface area contributed by atoms with Gasteiger partial charge in [-0.2, -0.15) is 4.37 Å². The van der Waals surface area contributed by atoms with E-state index in [1.807, 2.05) is 19.1 Å². The number of nitrogens with two attached hydrogens (primary N) is 1. The molecule has 2 rings (SSSR count). The van der Waals surface area contributed by atoms with Gasteiger partial charge in [0.1, 0.15) is 11.6 Å². The Morgan fingerprint density at radius 3 is 2.81 bits per heavy atom. The standard InChI is InChI=1S/C10H11N3OS2/c1-6-12-10(16-13-6)15-9-4-7(11)3-8(5-9)14-2/h3-5H,11H2,1-2H3. The molecule has 0 aliphatic carbocycles. The smallest absolute Gasteiger partial charge is 0.174 e. The van der Waals surface area contributed by atoms with E-state index in [9.17, 15) is 0 Å². The van der Waals surface area contributed by atoms with Gasteiger partial charge >= 0.3 is 0 Å². The Hall–Kier alpha value is -1.27. The van der Waals surface area contributed by atoms with Gasteiger partial charge in [0.2, 0.25) is 0 Å². The molecule has 4 nitrogen and oxygen atoms in total. The number of nitrogens with zero attached hydrogens (tertiary/aromatic N) is 2. The van der Waals surface area contributed by atoms with Crippen LogP contribution in [-0.2, 0) is 0 Å². The number of benzene rings is 1. The molecule has 0 radical (unpaired) electrons. The number of hydrogen-bond donors (Lipinski definition) is 1. The van der Waals surface area contributed by atoms with Crippen LogP contribution in [0.25, 0.3) is 0 Å². The lowest BCUT2D eigenvalue weighted by atomic mass is 10.3. The average molecular weight is 253 g/mol. The number of nitrogen functional groups attached to an aromatic ring is 1. The van der Waals surface area contributed by atoms with Crippen LogP contribution in [0.1, 0.15) is 5.82 Å². The number of methoxy groups -OCH3 is 1. The van der Waals surface area contributed by atoms with Gasteiger partial charge in [-0.25, -0.2) is 4.98 Å². The minimum atomic E-state index is 0.683. The molecule has 2 N–H and O–H groups in total. The zero-order chi connectivity index (χ0) is 11.5. The van der Waals surface area contributed by atoms with Gasteiger partial charge in [0.05, 0.1) is 7.11 Å². The molecular weight excluding hydrogens is 242 g/mol. The number of hydrogen-bond acceptors (Lipinski definition) is 6. The Morgan fingerprint density at radius 1 is 1.38 bits per heavy atom. The van der Waals surface area contributed by atoms with Gasteiger partial charge in [0, 0.05) is 16.6 Å². The fraction of sp³-hybridized carbons (Fsp3) is 0.200. The van der Waals surface area contributed by atoms with Gasteiger partial charge in [-0.3, -0.25) is 0 Å². The minimum absolute atomic E-state index is 0.683. The molecule has 0 fully saturated rings. The normalized spacial score (nSPS) is 10.4. The van der Waals surface area contributed by atoms with Crippen LogP contribution in [0.5, 0.6) is 5.75 Å². The van der Waals surface area contributed by atoms with Gasteiger partial charge in [0.15, 0.2) is 4.34 Å². The van der Waals surface area contributed by atoms with Crippen LogP contribution in [0.15, 0.2) is 27.4 Å². The van der Waals surface area contributed by atoms with Crippen LogP contribution < -0.4 is 10.5 Å². The Balaban J connectivity index is 2.24. The topological polar surface area (TPSA) is 61.0 Å². The summed E-state index contributed by atoms with van der Waals surface area (Å²) in [5.41, 5.74) is 6.45. The van der Waals surface area contributed by atoms with E-state index in [-0.39, 0.29) is 0 Å². The van der Waals surface area contributed by atoms with Crippen molar-refractivity contribution in [2.24, 2.45) is 0 Å². The molecule has 0 spiro atoms. The molecule has 0 aliphatic rings. The van der Waals surface area contributed by atoms with Crippen molar-refractivity contribution < 1.29 is 4.74 Å². The van der Waals surface area contributed by atoms with E-state index >= 15 is 0 Å². The number of aryl methyl sites for hydroxylation is 1. The van der Waals surface area contributed by atoms with Gasteiger partial charge in [-0.1, -0.05) is 11.8 Å². The molecule has 1 heterocycles. The highest BCUT2D eigenvalue weighted by Gasteiger charge is 2.05. The summed E-state index contributed by atoms with van der Waals surface area (Å²) in [5, 5.41) is 0. The molecule has 0 atom stereocenters. The van der Waals surface area contributed by atoms with E-state index in [1.165, 1.54) is 23.3 Å². The van der Waals surface area contributed by atoms with E-state index < -0.39 is 0 Å².